The number of fused-ring (bicyclic) bond motifs is 6. The third-order valence-electron chi connectivity index (χ3n) is 9.84. The molecule has 232 valence electrons. The molecule has 49 heavy (non-hydrogen) atoms. The van der Waals surface area contributed by atoms with Gasteiger partial charge in [-0.1, -0.05) is 121 Å². The van der Waals surface area contributed by atoms with Crippen LogP contribution in [0.15, 0.2) is 176 Å². The molecule has 0 N–H and O–H groups in total. The van der Waals surface area contributed by atoms with Crippen LogP contribution in [0.1, 0.15) is 11.1 Å². The molecule has 0 saturated carbocycles. The molecule has 0 aliphatic heterocycles. The zero-order valence-electron chi connectivity index (χ0n) is 27.7. The van der Waals surface area contributed by atoms with Gasteiger partial charge in [0.2, 0.25) is 0 Å². The fourth-order valence-corrected chi connectivity index (χ4v) is 7.71. The van der Waals surface area contributed by atoms with E-state index < -0.39 is 0 Å². The number of rotatable bonds is 5. The largest absolute Gasteiger partial charge is 0.310 e. The molecule has 0 saturated heterocycles. The minimum atomic E-state index is 1.13. The van der Waals surface area contributed by atoms with Gasteiger partial charge in [-0.15, -0.1) is 0 Å². The van der Waals surface area contributed by atoms with E-state index in [1.54, 1.807) is 0 Å². The van der Waals surface area contributed by atoms with Gasteiger partial charge in [0.05, 0.1) is 0 Å². The monoisotopic (exact) mass is 625 g/mol. The van der Waals surface area contributed by atoms with E-state index in [0.717, 1.165) is 11.4 Å². The molecule has 0 amide bonds. The van der Waals surface area contributed by atoms with Crippen molar-refractivity contribution in [3.05, 3.63) is 187 Å². The van der Waals surface area contributed by atoms with E-state index in [2.05, 4.69) is 195 Å². The van der Waals surface area contributed by atoms with Crippen LogP contribution < -0.4 is 4.90 Å². The molecule has 0 aliphatic rings. The molecule has 0 heterocycles. The Bertz CT molecular complexity index is 2650. The van der Waals surface area contributed by atoms with Crippen LogP contribution in [-0.2, 0) is 0 Å². The van der Waals surface area contributed by atoms with Gasteiger partial charge in [0.1, 0.15) is 0 Å². The minimum absolute atomic E-state index is 1.13. The van der Waals surface area contributed by atoms with E-state index in [-0.39, 0.29) is 0 Å². The molecule has 1 heteroatoms. The molecule has 0 unspecified atom stereocenters. The maximum atomic E-state index is 2.41. The summed E-state index contributed by atoms with van der Waals surface area (Å²) in [6.45, 7) is 4.34. The van der Waals surface area contributed by atoms with Crippen LogP contribution in [0.2, 0.25) is 0 Å². The van der Waals surface area contributed by atoms with Crippen molar-refractivity contribution in [1.82, 2.24) is 0 Å². The summed E-state index contributed by atoms with van der Waals surface area (Å²) < 4.78 is 0. The molecule has 0 aromatic heterocycles. The summed E-state index contributed by atoms with van der Waals surface area (Å²) in [6.07, 6.45) is 0. The second kappa shape index (κ2) is 11.8. The Balaban J connectivity index is 1.23. The van der Waals surface area contributed by atoms with Crippen molar-refractivity contribution in [2.24, 2.45) is 0 Å². The Morgan fingerprint density at radius 3 is 1.49 bits per heavy atom. The zero-order chi connectivity index (χ0) is 32.9. The van der Waals surface area contributed by atoms with E-state index in [9.17, 15) is 0 Å². The Labute approximate surface area is 287 Å². The molecule has 0 aliphatic carbocycles. The fraction of sp³-hybridized carbons (Fsp3) is 0.0417. The lowest BCUT2D eigenvalue weighted by atomic mass is 9.87. The molecule has 0 bridgehead atoms. The summed E-state index contributed by atoms with van der Waals surface area (Å²) in [6, 6.07) is 64.6. The van der Waals surface area contributed by atoms with Gasteiger partial charge in [-0.2, -0.15) is 0 Å². The van der Waals surface area contributed by atoms with Gasteiger partial charge in [0.15, 0.2) is 0 Å². The number of anilines is 3. The number of para-hydroxylation sites is 1. The van der Waals surface area contributed by atoms with Crippen LogP contribution in [0.4, 0.5) is 17.1 Å². The Morgan fingerprint density at radius 1 is 0.327 bits per heavy atom. The molecular weight excluding hydrogens is 591 g/mol. The Hall–Kier alpha value is -6.18. The van der Waals surface area contributed by atoms with Crippen molar-refractivity contribution in [3.63, 3.8) is 0 Å². The van der Waals surface area contributed by atoms with E-state index in [1.165, 1.54) is 82.2 Å². The van der Waals surface area contributed by atoms with Crippen molar-refractivity contribution in [1.29, 1.82) is 0 Å². The normalized spacial score (nSPS) is 11.5. The van der Waals surface area contributed by atoms with Crippen LogP contribution in [0.25, 0.3) is 65.3 Å². The Kier molecular flexibility index (Phi) is 6.99. The van der Waals surface area contributed by atoms with Crippen LogP contribution in [0.3, 0.4) is 0 Å². The number of hydrogen-bond donors (Lipinski definition) is 0. The van der Waals surface area contributed by atoms with E-state index in [0.29, 0.717) is 0 Å². The zero-order valence-corrected chi connectivity index (χ0v) is 27.7. The van der Waals surface area contributed by atoms with Gasteiger partial charge in [-0.3, -0.25) is 0 Å². The molecule has 9 rings (SSSR count). The van der Waals surface area contributed by atoms with E-state index in [4.69, 9.17) is 0 Å². The maximum absolute atomic E-state index is 2.41. The molecule has 9 aromatic rings. The number of benzene rings is 9. The lowest BCUT2D eigenvalue weighted by Gasteiger charge is -2.26. The van der Waals surface area contributed by atoms with Gasteiger partial charge >= 0.3 is 0 Å². The lowest BCUT2D eigenvalue weighted by molar-refractivity contribution is 1.25. The average Bonchev–Trinajstić information content (AvgIpc) is 3.14. The summed E-state index contributed by atoms with van der Waals surface area (Å²) in [4.78, 5) is 2.35. The fourth-order valence-electron chi connectivity index (χ4n) is 7.71. The predicted octanol–water partition coefficient (Wildman–Crippen LogP) is 13.7. The molecule has 0 atom stereocenters. The molecular formula is C48H35N. The SMILES string of the molecule is Cc1cc(C)cc(N(c2ccccc2)c2ccc(-c3cc4cc(-c5ccc6ccccc6c5)c5ccccc5c4c4ccccc34)cc2)c1. The molecule has 0 spiro atoms. The van der Waals surface area contributed by atoms with Gasteiger partial charge in [0, 0.05) is 17.1 Å². The van der Waals surface area contributed by atoms with Crippen molar-refractivity contribution >= 4 is 60.2 Å². The van der Waals surface area contributed by atoms with Crippen LogP contribution in [0.5, 0.6) is 0 Å². The first kappa shape index (κ1) is 29.0. The number of nitrogens with zero attached hydrogens (tertiary/aromatic N) is 1. The van der Waals surface area contributed by atoms with Gasteiger partial charge < -0.3 is 4.90 Å². The van der Waals surface area contributed by atoms with Crippen molar-refractivity contribution in [2.75, 3.05) is 4.90 Å². The molecule has 0 fully saturated rings. The van der Waals surface area contributed by atoms with Crippen molar-refractivity contribution in [2.45, 2.75) is 13.8 Å². The van der Waals surface area contributed by atoms with Gasteiger partial charge in [-0.25, -0.2) is 0 Å². The minimum Gasteiger partial charge on any atom is -0.310 e. The average molecular weight is 626 g/mol. The summed E-state index contributed by atoms with van der Waals surface area (Å²) in [5.74, 6) is 0. The standard InChI is InChI=1S/C48H35N/c1-32-26-33(2)28-41(27-32)49(39-14-4-3-5-15-39)40-24-22-35(23-25-40)46-30-38-31-47(37-21-20-34-12-6-7-13-36(34)29-37)43-17-9-11-19-45(43)48(38)44-18-10-8-16-42(44)46/h3-31H,1-2H3. The smallest absolute Gasteiger partial charge is 0.0466 e. The second-order valence-electron chi connectivity index (χ2n) is 13.2. The highest BCUT2D eigenvalue weighted by Gasteiger charge is 2.17. The second-order valence-corrected chi connectivity index (χ2v) is 13.2. The number of hydrogen-bond acceptors (Lipinski definition) is 1. The predicted molar refractivity (Wildman–Crippen MR) is 211 cm³/mol. The Morgan fingerprint density at radius 2 is 0.837 bits per heavy atom. The highest BCUT2D eigenvalue weighted by atomic mass is 15.1. The summed E-state index contributed by atoms with van der Waals surface area (Å²) in [5, 5.41) is 10.2. The molecule has 1 nitrogen and oxygen atoms in total. The first-order valence-corrected chi connectivity index (χ1v) is 17.0. The van der Waals surface area contributed by atoms with Crippen molar-refractivity contribution in [3.8, 4) is 22.3 Å². The topological polar surface area (TPSA) is 3.24 Å². The third-order valence-corrected chi connectivity index (χ3v) is 9.84. The summed E-state index contributed by atoms with van der Waals surface area (Å²) in [7, 11) is 0. The quantitative estimate of drug-likeness (QED) is 0.172. The van der Waals surface area contributed by atoms with Crippen LogP contribution in [0, 0.1) is 13.8 Å². The van der Waals surface area contributed by atoms with E-state index >= 15 is 0 Å². The highest BCUT2D eigenvalue weighted by molar-refractivity contribution is 6.25. The van der Waals surface area contributed by atoms with Crippen molar-refractivity contribution < 1.29 is 0 Å². The van der Waals surface area contributed by atoms with E-state index in [1.807, 2.05) is 0 Å². The molecule has 0 radical (unpaired) electrons. The lowest BCUT2D eigenvalue weighted by Crippen LogP contribution is -2.10. The first-order chi connectivity index (χ1) is 24.1. The van der Waals surface area contributed by atoms with Gasteiger partial charge in [-0.05, 0) is 145 Å². The number of aryl methyl sites for hydroxylation is 2. The third kappa shape index (κ3) is 5.12. The van der Waals surface area contributed by atoms with Crippen LogP contribution in [-0.4, -0.2) is 0 Å². The summed E-state index contributed by atoms with van der Waals surface area (Å²) >= 11 is 0. The molecule has 9 aromatic carbocycles. The van der Waals surface area contributed by atoms with Gasteiger partial charge in [0.25, 0.3) is 0 Å². The van der Waals surface area contributed by atoms with Crippen LogP contribution >= 0.6 is 0 Å². The summed E-state index contributed by atoms with van der Waals surface area (Å²) in [5.41, 5.74) is 10.9. The first-order valence-electron chi connectivity index (χ1n) is 17.0. The maximum Gasteiger partial charge on any atom is 0.0466 e. The highest BCUT2D eigenvalue weighted by Crippen LogP contribution is 2.43.